The summed E-state index contributed by atoms with van der Waals surface area (Å²) in [7, 11) is -8.30. The smallest absolute Gasteiger partial charge is 0.780 e. The van der Waals surface area contributed by atoms with Crippen molar-refractivity contribution in [2.45, 2.75) is 56.3 Å². The van der Waals surface area contributed by atoms with Crippen LogP contribution in [0.1, 0.15) is 62.5 Å². The van der Waals surface area contributed by atoms with Gasteiger partial charge in [-0.3, -0.25) is 23.8 Å². The van der Waals surface area contributed by atoms with Crippen LogP contribution in [0.3, 0.4) is 0 Å². The predicted octanol–water partition coefficient (Wildman–Crippen LogP) is -3.84. The maximum Gasteiger partial charge on any atom is 1.00 e. The summed E-state index contributed by atoms with van der Waals surface area (Å²) in [5.41, 5.74) is 3.32. The first-order valence-electron chi connectivity index (χ1n) is 17.4. The average Bonchev–Trinajstić information content (AvgIpc) is 3.45. The van der Waals surface area contributed by atoms with Gasteiger partial charge in [0, 0.05) is 71.7 Å². The van der Waals surface area contributed by atoms with Crippen molar-refractivity contribution < 1.29 is 140 Å². The van der Waals surface area contributed by atoms with Crippen LogP contribution in [0.2, 0.25) is 0 Å². The van der Waals surface area contributed by atoms with E-state index in [1.807, 2.05) is 48.3 Å². The van der Waals surface area contributed by atoms with Gasteiger partial charge in [0.25, 0.3) is 11.8 Å². The molecule has 1 atom stereocenters. The number of nitrogens with one attached hydrogen (secondary N) is 1. The summed E-state index contributed by atoms with van der Waals surface area (Å²) in [6.07, 6.45) is 7.48. The van der Waals surface area contributed by atoms with Crippen LogP contribution < -0.4 is 118 Å². The van der Waals surface area contributed by atoms with Gasteiger partial charge in [-0.2, -0.15) is 0 Å². The molecule has 3 aromatic rings. The Morgan fingerprint density at radius 3 is 1.91 bits per heavy atom. The molecule has 288 valence electrons. The maximum absolute atomic E-state index is 12.5. The van der Waals surface area contributed by atoms with Crippen LogP contribution in [0, 0.1) is 0 Å². The topological polar surface area (TPSA) is 201 Å². The third-order valence-corrected chi connectivity index (χ3v) is 11.0. The number of unbranched alkanes of at least 4 members (excludes halogenated alkanes) is 5. The van der Waals surface area contributed by atoms with Crippen molar-refractivity contribution in [2.75, 3.05) is 31.6 Å². The van der Waals surface area contributed by atoms with E-state index in [1.54, 1.807) is 12.1 Å². The summed E-state index contributed by atoms with van der Waals surface area (Å²) in [5, 5.41) is 2.71. The fraction of sp³-hybridized carbons (Fsp3) is 0.324. The minimum absolute atomic E-state index is 0. The summed E-state index contributed by atoms with van der Waals surface area (Å²) in [4.78, 5) is 75.1. The van der Waals surface area contributed by atoms with Crippen molar-refractivity contribution in [2.24, 2.45) is 0 Å². The number of phosphoric acid groups is 2. The summed E-state index contributed by atoms with van der Waals surface area (Å²) in [5.74, 6) is -0.699. The number of para-hydroxylation sites is 2. The number of fused-ring (bicyclic) bond motifs is 2. The number of carbonyl (C=O) groups is 3. The van der Waals surface area contributed by atoms with Crippen LogP contribution in [-0.4, -0.2) is 49.4 Å². The van der Waals surface area contributed by atoms with E-state index in [4.69, 9.17) is 13.6 Å². The van der Waals surface area contributed by atoms with Crippen molar-refractivity contribution in [3.8, 4) is 5.75 Å². The van der Waals surface area contributed by atoms with Crippen molar-refractivity contribution in [3.05, 3.63) is 101 Å². The van der Waals surface area contributed by atoms with Gasteiger partial charge >= 0.3 is 96.5 Å². The van der Waals surface area contributed by atoms with Crippen LogP contribution in [0.15, 0.2) is 94.9 Å². The summed E-state index contributed by atoms with van der Waals surface area (Å²) in [6.45, 7) is 0.762. The molecule has 0 fully saturated rings. The fourth-order valence-corrected chi connectivity index (χ4v) is 8.27. The Hall–Kier alpha value is -1.20. The first-order chi connectivity index (χ1) is 25.8. The SMILES string of the molecule is CN1c2ccccc2C(=C(OP(=O)([O-])[O-])Sc2ccc(OP(=O)([O-])OCCCCCCNC(=O)CCCCCN3C(=O)C=CC3=O)cc2)c2ccccc21.[Na+].[Na+].[Na+]. The monoisotopic (exact) mass is 865 g/mol. The molecule has 3 amide bonds. The molecule has 2 heterocycles. The minimum atomic E-state index is -5.49. The zero-order valence-corrected chi connectivity index (χ0v) is 41.2. The number of hydrogen-bond acceptors (Lipinski definition) is 13. The van der Waals surface area contributed by atoms with Crippen molar-refractivity contribution in [3.63, 3.8) is 0 Å². The molecule has 0 saturated heterocycles. The number of carbonyl (C=O) groups excluding carboxylic acids is 3. The first kappa shape index (κ1) is 51.9. The number of thioether (sulfide) groups is 1. The van der Waals surface area contributed by atoms with Gasteiger partial charge in [0.1, 0.15) is 13.6 Å². The van der Waals surface area contributed by atoms with E-state index >= 15 is 0 Å². The first-order valence-corrected chi connectivity index (χ1v) is 21.2. The van der Waals surface area contributed by atoms with Crippen LogP contribution in [0.25, 0.3) is 5.57 Å². The summed E-state index contributed by atoms with van der Waals surface area (Å²) in [6, 6.07) is 20.4. The van der Waals surface area contributed by atoms with Gasteiger partial charge in [-0.05, 0) is 62.1 Å². The number of nitrogens with zero attached hydrogens (tertiary/aromatic N) is 2. The van der Waals surface area contributed by atoms with Crippen LogP contribution >= 0.6 is 27.4 Å². The molecule has 14 nitrogen and oxygen atoms in total. The molecule has 1 unspecified atom stereocenters. The van der Waals surface area contributed by atoms with Gasteiger partial charge < -0.3 is 43.0 Å². The van der Waals surface area contributed by atoms with E-state index in [9.17, 15) is 38.2 Å². The second kappa shape index (κ2) is 24.9. The number of benzene rings is 3. The fourth-order valence-electron chi connectivity index (χ4n) is 5.95. The molecule has 2 aliphatic heterocycles. The number of rotatable bonds is 20. The van der Waals surface area contributed by atoms with E-state index in [0.29, 0.717) is 73.2 Å². The normalized spacial score (nSPS) is 14.0. The van der Waals surface area contributed by atoms with Gasteiger partial charge in [0.05, 0.1) is 6.61 Å². The Bertz CT molecular complexity index is 1930. The molecule has 0 saturated carbocycles. The maximum atomic E-state index is 12.5. The van der Waals surface area contributed by atoms with Gasteiger partial charge in [0.15, 0.2) is 5.09 Å². The number of hydrogen-bond donors (Lipinski definition) is 1. The Labute approximate surface area is 403 Å². The van der Waals surface area contributed by atoms with E-state index in [-0.39, 0.29) is 124 Å². The summed E-state index contributed by atoms with van der Waals surface area (Å²) < 4.78 is 39.6. The Morgan fingerprint density at radius 1 is 0.754 bits per heavy atom. The van der Waals surface area contributed by atoms with Gasteiger partial charge in [-0.1, -0.05) is 67.4 Å². The van der Waals surface area contributed by atoms with E-state index in [1.165, 1.54) is 41.3 Å². The zero-order valence-electron chi connectivity index (χ0n) is 32.5. The number of imide groups is 1. The third-order valence-electron chi connectivity index (χ3n) is 8.55. The second-order valence-electron chi connectivity index (χ2n) is 12.5. The third kappa shape index (κ3) is 16.0. The predicted molar refractivity (Wildman–Crippen MR) is 198 cm³/mol. The van der Waals surface area contributed by atoms with Gasteiger partial charge in [-0.25, -0.2) is 0 Å². The standard InChI is InChI=1S/C37H43N3O11P2S.3Na/c1-39-31-15-8-6-13-29(31)36(30-14-7-9-16-32(30)39)37(51-52(44,45)46)54-28-20-18-27(19-21-28)50-53(47,48)49-26-12-3-2-10-24-38-33(41)17-5-4-11-25-40-34(42)22-23-35(40)43;;;/h6-9,13-16,18-23H,2-5,10-12,17,24-26H2,1H3,(H,38,41)(H,47,48)(H2,44,45,46);;;/q;3*+1/p-3. The average molecular weight is 866 g/mol. The number of phosphoric ester groups is 2. The molecular formula is C37H40N3Na3O11P2S. The Kier molecular flexibility index (Phi) is 22.7. The molecule has 0 radical (unpaired) electrons. The number of anilines is 2. The molecule has 20 heteroatoms. The van der Waals surface area contributed by atoms with Crippen molar-refractivity contribution in [1.82, 2.24) is 10.2 Å². The van der Waals surface area contributed by atoms with Crippen LogP contribution in [0.5, 0.6) is 5.75 Å². The summed E-state index contributed by atoms with van der Waals surface area (Å²) >= 11 is 0.900. The largest absolute Gasteiger partial charge is 1.00 e. The van der Waals surface area contributed by atoms with Gasteiger partial charge in [-0.15, -0.1) is 0 Å². The van der Waals surface area contributed by atoms with Crippen molar-refractivity contribution >= 4 is 62.1 Å². The quantitative estimate of drug-likeness (QED) is 0.0290. The van der Waals surface area contributed by atoms with E-state index < -0.39 is 15.6 Å². The number of amides is 3. The molecule has 0 aromatic heterocycles. The molecule has 2 aliphatic rings. The second-order valence-corrected chi connectivity index (χ2v) is 15.9. The van der Waals surface area contributed by atoms with Gasteiger partial charge in [0.2, 0.25) is 5.91 Å². The van der Waals surface area contributed by atoms with Crippen molar-refractivity contribution in [1.29, 1.82) is 0 Å². The van der Waals surface area contributed by atoms with Crippen LogP contribution in [-0.2, 0) is 32.6 Å². The van der Waals surface area contributed by atoms with E-state index in [2.05, 4.69) is 5.32 Å². The van der Waals surface area contributed by atoms with E-state index in [0.717, 1.165) is 36.0 Å². The molecular weight excluding hydrogens is 825 g/mol. The molecule has 57 heavy (non-hydrogen) atoms. The zero-order chi connectivity index (χ0) is 38.7. The molecule has 0 aliphatic carbocycles. The molecule has 3 aromatic carbocycles. The Morgan fingerprint density at radius 2 is 1.32 bits per heavy atom. The molecule has 1 N–H and O–H groups in total. The Balaban J connectivity index is 0.00000374. The molecule has 0 spiro atoms. The molecule has 5 rings (SSSR count). The van der Waals surface area contributed by atoms with Crippen LogP contribution in [0.4, 0.5) is 11.4 Å². The molecule has 0 bridgehead atoms. The minimum Gasteiger partial charge on any atom is -0.780 e.